The smallest absolute Gasteiger partial charge is 0.234 e. The van der Waals surface area contributed by atoms with Gasteiger partial charge in [-0.1, -0.05) is 19.1 Å². The molecular formula is C11H19FN2O. The number of alkyl halides is 1. The number of amides is 1. The maximum Gasteiger partial charge on any atom is 0.234 e. The molecule has 1 amide bonds. The van der Waals surface area contributed by atoms with E-state index in [-0.39, 0.29) is 6.42 Å². The number of nitrogens with zero attached hydrogens (tertiary/aromatic N) is 1. The standard InChI is InChI=1S/C11H19FN2O/c1-2-3-4-5-6-14-8-9(12)7-10(14)11(13)15/h3-4,9-10H,2,5-8H2,1H3,(H2,13,15)/b4-3+/t9-,10+/m1/s1. The van der Waals surface area contributed by atoms with Gasteiger partial charge in [0.05, 0.1) is 6.04 Å². The molecule has 0 aromatic carbocycles. The molecule has 1 heterocycles. The third kappa shape index (κ3) is 3.63. The number of rotatable bonds is 5. The van der Waals surface area contributed by atoms with E-state index in [2.05, 4.69) is 19.1 Å². The lowest BCUT2D eigenvalue weighted by Gasteiger charge is -2.20. The van der Waals surface area contributed by atoms with Gasteiger partial charge in [0.15, 0.2) is 0 Å². The second kappa shape index (κ2) is 5.85. The minimum absolute atomic E-state index is 0.257. The van der Waals surface area contributed by atoms with E-state index < -0.39 is 18.1 Å². The van der Waals surface area contributed by atoms with Crippen molar-refractivity contribution in [1.82, 2.24) is 4.90 Å². The summed E-state index contributed by atoms with van der Waals surface area (Å²) in [6.45, 7) is 3.12. The van der Waals surface area contributed by atoms with Crippen LogP contribution < -0.4 is 5.73 Å². The summed E-state index contributed by atoms with van der Waals surface area (Å²) < 4.78 is 13.1. The number of hydrogen-bond donors (Lipinski definition) is 1. The predicted octanol–water partition coefficient (Wildman–Crippen LogP) is 1.24. The molecule has 1 rings (SSSR count). The number of carbonyl (C=O) groups excluding carboxylic acids is 1. The van der Waals surface area contributed by atoms with Crippen LogP contribution in [0.2, 0.25) is 0 Å². The molecule has 15 heavy (non-hydrogen) atoms. The summed E-state index contributed by atoms with van der Waals surface area (Å²) >= 11 is 0. The highest BCUT2D eigenvalue weighted by Gasteiger charge is 2.34. The lowest BCUT2D eigenvalue weighted by Crippen LogP contribution is -2.40. The van der Waals surface area contributed by atoms with Gasteiger partial charge in [-0.25, -0.2) is 4.39 Å². The fourth-order valence-corrected chi connectivity index (χ4v) is 1.92. The topological polar surface area (TPSA) is 46.3 Å². The summed E-state index contributed by atoms with van der Waals surface area (Å²) in [4.78, 5) is 12.9. The Bertz CT molecular complexity index is 243. The first-order chi connectivity index (χ1) is 7.15. The maximum absolute atomic E-state index is 13.1. The Balaban J connectivity index is 2.38. The number of carbonyl (C=O) groups is 1. The summed E-state index contributed by atoms with van der Waals surface area (Å²) in [5.41, 5.74) is 5.22. The molecule has 0 spiro atoms. The first-order valence-corrected chi connectivity index (χ1v) is 5.47. The van der Waals surface area contributed by atoms with Crippen LogP contribution in [0.1, 0.15) is 26.2 Å². The highest BCUT2D eigenvalue weighted by molar-refractivity contribution is 5.80. The summed E-state index contributed by atoms with van der Waals surface area (Å²) in [7, 11) is 0. The van der Waals surface area contributed by atoms with Crippen molar-refractivity contribution in [1.29, 1.82) is 0 Å². The Kier molecular flexibility index (Phi) is 4.75. The Morgan fingerprint density at radius 2 is 2.33 bits per heavy atom. The fraction of sp³-hybridized carbons (Fsp3) is 0.727. The van der Waals surface area contributed by atoms with Crippen molar-refractivity contribution in [2.45, 2.75) is 38.4 Å². The molecule has 1 fully saturated rings. The molecule has 0 saturated carbocycles. The van der Waals surface area contributed by atoms with E-state index in [1.165, 1.54) is 0 Å². The van der Waals surface area contributed by atoms with Gasteiger partial charge in [0.1, 0.15) is 6.17 Å². The van der Waals surface area contributed by atoms with Gasteiger partial charge in [0.25, 0.3) is 0 Å². The Hall–Kier alpha value is -0.900. The van der Waals surface area contributed by atoms with Gasteiger partial charge >= 0.3 is 0 Å². The van der Waals surface area contributed by atoms with E-state index in [0.717, 1.165) is 12.8 Å². The van der Waals surface area contributed by atoms with Crippen LogP contribution in [0.15, 0.2) is 12.2 Å². The average Bonchev–Trinajstić information content (AvgIpc) is 2.55. The van der Waals surface area contributed by atoms with Gasteiger partial charge in [-0.15, -0.1) is 0 Å². The first-order valence-electron chi connectivity index (χ1n) is 5.47. The molecule has 1 aliphatic rings. The lowest BCUT2D eigenvalue weighted by atomic mass is 10.2. The minimum Gasteiger partial charge on any atom is -0.368 e. The van der Waals surface area contributed by atoms with E-state index in [1.54, 1.807) is 0 Å². The van der Waals surface area contributed by atoms with Gasteiger partial charge < -0.3 is 5.73 Å². The molecule has 0 bridgehead atoms. The second-order valence-corrected chi connectivity index (χ2v) is 3.91. The number of halogens is 1. The SMILES string of the molecule is CC/C=C/CCN1C[C@H](F)C[C@H]1C(N)=O. The van der Waals surface area contributed by atoms with Crippen molar-refractivity contribution in [2.24, 2.45) is 5.73 Å². The van der Waals surface area contributed by atoms with E-state index >= 15 is 0 Å². The van der Waals surface area contributed by atoms with E-state index in [1.807, 2.05) is 4.90 Å². The zero-order valence-corrected chi connectivity index (χ0v) is 9.16. The van der Waals surface area contributed by atoms with Crippen LogP contribution in [-0.4, -0.2) is 36.1 Å². The highest BCUT2D eigenvalue weighted by Crippen LogP contribution is 2.20. The van der Waals surface area contributed by atoms with E-state index in [0.29, 0.717) is 13.1 Å². The number of likely N-dealkylation sites (tertiary alicyclic amines) is 1. The van der Waals surface area contributed by atoms with Crippen LogP contribution in [0.5, 0.6) is 0 Å². The normalized spacial score (nSPS) is 27.6. The molecule has 1 saturated heterocycles. The molecular weight excluding hydrogens is 195 g/mol. The number of primary amides is 1. The van der Waals surface area contributed by atoms with Crippen molar-refractivity contribution in [3.05, 3.63) is 12.2 Å². The monoisotopic (exact) mass is 214 g/mol. The quantitative estimate of drug-likeness (QED) is 0.700. The fourth-order valence-electron chi connectivity index (χ4n) is 1.92. The van der Waals surface area contributed by atoms with Gasteiger partial charge in [0, 0.05) is 19.5 Å². The van der Waals surface area contributed by atoms with Crippen LogP contribution in [0, 0.1) is 0 Å². The van der Waals surface area contributed by atoms with Crippen molar-refractivity contribution >= 4 is 5.91 Å². The Morgan fingerprint density at radius 1 is 1.60 bits per heavy atom. The van der Waals surface area contributed by atoms with Crippen LogP contribution in [0.4, 0.5) is 4.39 Å². The largest absolute Gasteiger partial charge is 0.368 e. The molecule has 0 aromatic rings. The predicted molar refractivity (Wildman–Crippen MR) is 58.1 cm³/mol. The second-order valence-electron chi connectivity index (χ2n) is 3.91. The third-order valence-corrected chi connectivity index (χ3v) is 2.67. The van der Waals surface area contributed by atoms with Gasteiger partial charge in [-0.3, -0.25) is 9.69 Å². The van der Waals surface area contributed by atoms with Crippen LogP contribution in [0.3, 0.4) is 0 Å². The molecule has 2 atom stereocenters. The van der Waals surface area contributed by atoms with Crippen molar-refractivity contribution < 1.29 is 9.18 Å². The summed E-state index contributed by atoms with van der Waals surface area (Å²) in [6, 6.07) is -0.407. The Morgan fingerprint density at radius 3 is 2.93 bits per heavy atom. The lowest BCUT2D eigenvalue weighted by molar-refractivity contribution is -0.122. The zero-order valence-electron chi connectivity index (χ0n) is 9.16. The molecule has 0 unspecified atom stereocenters. The van der Waals surface area contributed by atoms with Gasteiger partial charge in [-0.05, 0) is 12.8 Å². The molecule has 0 aromatic heterocycles. The number of allylic oxidation sites excluding steroid dienone is 1. The number of nitrogens with two attached hydrogens (primary N) is 1. The van der Waals surface area contributed by atoms with Crippen LogP contribution >= 0.6 is 0 Å². The average molecular weight is 214 g/mol. The first kappa shape index (κ1) is 12.2. The molecule has 0 aliphatic carbocycles. The third-order valence-electron chi connectivity index (χ3n) is 2.67. The highest BCUT2D eigenvalue weighted by atomic mass is 19.1. The molecule has 4 heteroatoms. The molecule has 3 nitrogen and oxygen atoms in total. The molecule has 2 N–H and O–H groups in total. The van der Waals surface area contributed by atoms with Crippen LogP contribution in [0.25, 0.3) is 0 Å². The van der Waals surface area contributed by atoms with Crippen molar-refractivity contribution in [3.8, 4) is 0 Å². The van der Waals surface area contributed by atoms with Crippen molar-refractivity contribution in [2.75, 3.05) is 13.1 Å². The van der Waals surface area contributed by atoms with Crippen molar-refractivity contribution in [3.63, 3.8) is 0 Å². The van der Waals surface area contributed by atoms with E-state index in [9.17, 15) is 9.18 Å². The molecule has 1 aliphatic heterocycles. The molecule has 86 valence electrons. The Labute approximate surface area is 90.1 Å². The number of hydrogen-bond acceptors (Lipinski definition) is 2. The molecule has 0 radical (unpaired) electrons. The van der Waals surface area contributed by atoms with Gasteiger partial charge in [-0.2, -0.15) is 0 Å². The summed E-state index contributed by atoms with van der Waals surface area (Å²) in [6.07, 6.45) is 5.34. The van der Waals surface area contributed by atoms with Crippen LogP contribution in [-0.2, 0) is 4.79 Å². The summed E-state index contributed by atoms with van der Waals surface area (Å²) in [5, 5.41) is 0. The maximum atomic E-state index is 13.1. The van der Waals surface area contributed by atoms with E-state index in [4.69, 9.17) is 5.73 Å². The summed E-state index contributed by atoms with van der Waals surface area (Å²) in [5.74, 6) is -0.408. The van der Waals surface area contributed by atoms with Gasteiger partial charge in [0.2, 0.25) is 5.91 Å². The zero-order chi connectivity index (χ0) is 11.3. The minimum atomic E-state index is -0.905.